The van der Waals surface area contributed by atoms with Crippen molar-refractivity contribution < 1.29 is 28.6 Å². The first-order chi connectivity index (χ1) is 28.3. The van der Waals surface area contributed by atoms with Gasteiger partial charge in [-0.2, -0.15) is 0 Å². The van der Waals surface area contributed by atoms with Crippen molar-refractivity contribution in [1.82, 2.24) is 0 Å². The molecule has 0 saturated carbocycles. The Kier molecular flexibility index (Phi) is 43.7. The molecule has 6 nitrogen and oxygen atoms in total. The van der Waals surface area contributed by atoms with Gasteiger partial charge in [-0.15, -0.1) is 0 Å². The first-order valence-corrected chi connectivity index (χ1v) is 25.8. The van der Waals surface area contributed by atoms with Crippen molar-refractivity contribution >= 4 is 17.9 Å². The van der Waals surface area contributed by atoms with Crippen LogP contribution in [-0.4, -0.2) is 37.2 Å². The molecule has 0 rings (SSSR count). The van der Waals surface area contributed by atoms with Crippen molar-refractivity contribution in [2.45, 2.75) is 291 Å². The van der Waals surface area contributed by atoms with E-state index in [4.69, 9.17) is 14.2 Å². The van der Waals surface area contributed by atoms with Crippen molar-refractivity contribution in [3.8, 4) is 0 Å². The second kappa shape index (κ2) is 44.9. The summed E-state index contributed by atoms with van der Waals surface area (Å²) in [5.41, 5.74) is 0. The highest BCUT2D eigenvalue weighted by atomic mass is 16.6. The average Bonchev–Trinajstić information content (AvgIpc) is 3.21. The van der Waals surface area contributed by atoms with Crippen LogP contribution in [0.4, 0.5) is 0 Å². The van der Waals surface area contributed by atoms with E-state index in [1.54, 1.807) is 0 Å². The number of unbranched alkanes of at least 4 members (excludes halogenated alkanes) is 30. The van der Waals surface area contributed by atoms with E-state index in [9.17, 15) is 14.4 Å². The van der Waals surface area contributed by atoms with E-state index in [0.29, 0.717) is 19.3 Å². The second-order valence-corrected chi connectivity index (χ2v) is 18.5. The van der Waals surface area contributed by atoms with E-state index in [2.05, 4.69) is 34.6 Å². The minimum absolute atomic E-state index is 0.0651. The zero-order valence-corrected chi connectivity index (χ0v) is 39.7. The molecule has 0 amide bonds. The fourth-order valence-electron chi connectivity index (χ4n) is 7.78. The summed E-state index contributed by atoms with van der Waals surface area (Å²) in [7, 11) is 0. The molecule has 6 heteroatoms. The van der Waals surface area contributed by atoms with E-state index in [-0.39, 0.29) is 31.1 Å². The van der Waals surface area contributed by atoms with Crippen molar-refractivity contribution in [3.63, 3.8) is 0 Å². The van der Waals surface area contributed by atoms with Crippen LogP contribution < -0.4 is 0 Å². The number of carbonyl (C=O) groups excluding carboxylic acids is 3. The molecule has 0 aliphatic heterocycles. The highest BCUT2D eigenvalue weighted by molar-refractivity contribution is 5.71. The first kappa shape index (κ1) is 56.4. The number of hydrogen-bond acceptors (Lipinski definition) is 6. The van der Waals surface area contributed by atoms with E-state index in [1.807, 2.05) is 0 Å². The van der Waals surface area contributed by atoms with E-state index in [1.165, 1.54) is 173 Å². The summed E-state index contributed by atoms with van der Waals surface area (Å²) in [6.45, 7) is 11.3. The predicted octanol–water partition coefficient (Wildman–Crippen LogP) is 16.5. The van der Waals surface area contributed by atoms with E-state index in [0.717, 1.165) is 69.6 Å². The topological polar surface area (TPSA) is 78.9 Å². The summed E-state index contributed by atoms with van der Waals surface area (Å²) >= 11 is 0. The van der Waals surface area contributed by atoms with Gasteiger partial charge < -0.3 is 14.2 Å². The minimum Gasteiger partial charge on any atom is -0.462 e. The fraction of sp³-hybridized carbons (Fsp3) is 0.942. The van der Waals surface area contributed by atoms with Crippen molar-refractivity contribution in [2.24, 2.45) is 11.8 Å². The summed E-state index contributed by atoms with van der Waals surface area (Å²) in [6, 6.07) is 0. The van der Waals surface area contributed by atoms with Gasteiger partial charge in [-0.25, -0.2) is 0 Å². The monoisotopic (exact) mass is 821 g/mol. The molecule has 344 valence electrons. The molecular formula is C52H100O6. The van der Waals surface area contributed by atoms with Crippen LogP contribution in [0.3, 0.4) is 0 Å². The normalized spacial score (nSPS) is 12.5. The van der Waals surface area contributed by atoms with Crippen molar-refractivity contribution in [2.75, 3.05) is 13.2 Å². The molecular weight excluding hydrogens is 721 g/mol. The first-order valence-electron chi connectivity index (χ1n) is 25.8. The standard InChI is InChI=1S/C52H100O6/c1-6-8-9-10-11-12-13-14-15-16-17-18-19-20-21-22-26-32-37-42-50(53)56-45-49(58-52(55)44-39-34-29-28-31-36-41-48(5)7-2)46-57-51(54)43-38-33-27-24-23-25-30-35-40-47(3)4/h47-49H,6-46H2,1-5H3/t48?,49-/m1/s1. The Morgan fingerprint density at radius 2 is 0.655 bits per heavy atom. The van der Waals surface area contributed by atoms with E-state index < -0.39 is 6.10 Å². The molecule has 0 saturated heterocycles. The molecule has 0 heterocycles. The molecule has 0 N–H and O–H groups in total. The van der Waals surface area contributed by atoms with Crippen LogP contribution >= 0.6 is 0 Å². The Balaban J connectivity index is 4.22. The van der Waals surface area contributed by atoms with Crippen LogP contribution in [0.5, 0.6) is 0 Å². The smallest absolute Gasteiger partial charge is 0.306 e. The predicted molar refractivity (Wildman–Crippen MR) is 247 cm³/mol. The Morgan fingerprint density at radius 1 is 0.362 bits per heavy atom. The highest BCUT2D eigenvalue weighted by Gasteiger charge is 2.19. The Labute approximate surface area is 361 Å². The molecule has 0 radical (unpaired) electrons. The summed E-state index contributed by atoms with van der Waals surface area (Å²) in [5, 5.41) is 0. The summed E-state index contributed by atoms with van der Waals surface area (Å²) in [6.07, 6.45) is 45.3. The van der Waals surface area contributed by atoms with Gasteiger partial charge in [0.2, 0.25) is 0 Å². The van der Waals surface area contributed by atoms with Gasteiger partial charge in [0.15, 0.2) is 6.10 Å². The lowest BCUT2D eigenvalue weighted by Gasteiger charge is -2.18. The largest absolute Gasteiger partial charge is 0.462 e. The maximum absolute atomic E-state index is 12.7. The highest BCUT2D eigenvalue weighted by Crippen LogP contribution is 2.18. The minimum atomic E-state index is -0.762. The molecule has 2 atom stereocenters. The molecule has 0 aromatic heterocycles. The Hall–Kier alpha value is -1.59. The lowest BCUT2D eigenvalue weighted by Crippen LogP contribution is -2.30. The van der Waals surface area contributed by atoms with Gasteiger partial charge in [0.25, 0.3) is 0 Å². The maximum Gasteiger partial charge on any atom is 0.306 e. The van der Waals surface area contributed by atoms with Gasteiger partial charge in [0.1, 0.15) is 13.2 Å². The van der Waals surface area contributed by atoms with Crippen LogP contribution in [0, 0.1) is 11.8 Å². The molecule has 0 aromatic rings. The number of rotatable bonds is 46. The summed E-state index contributed by atoms with van der Waals surface area (Å²) < 4.78 is 16.8. The number of esters is 3. The Bertz CT molecular complexity index is 887. The van der Waals surface area contributed by atoms with Crippen LogP contribution in [0.25, 0.3) is 0 Å². The summed E-state index contributed by atoms with van der Waals surface area (Å²) in [4.78, 5) is 37.8. The van der Waals surface area contributed by atoms with Crippen LogP contribution in [-0.2, 0) is 28.6 Å². The van der Waals surface area contributed by atoms with Gasteiger partial charge >= 0.3 is 17.9 Å². The zero-order valence-electron chi connectivity index (χ0n) is 39.7. The van der Waals surface area contributed by atoms with Gasteiger partial charge in [-0.3, -0.25) is 14.4 Å². The number of carbonyl (C=O) groups is 3. The van der Waals surface area contributed by atoms with Crippen molar-refractivity contribution in [3.05, 3.63) is 0 Å². The molecule has 0 aliphatic carbocycles. The van der Waals surface area contributed by atoms with Crippen LogP contribution in [0.2, 0.25) is 0 Å². The SMILES string of the molecule is CCCCCCCCCCCCCCCCCCCCCC(=O)OC[C@H](COC(=O)CCCCCCCCCCC(C)C)OC(=O)CCCCCCCCC(C)CC. The van der Waals surface area contributed by atoms with Gasteiger partial charge in [-0.1, -0.05) is 247 Å². The molecule has 0 aliphatic rings. The quantitative estimate of drug-likeness (QED) is 0.0346. The summed E-state index contributed by atoms with van der Waals surface area (Å²) in [5.74, 6) is 0.751. The molecule has 0 bridgehead atoms. The molecule has 0 aromatic carbocycles. The molecule has 0 spiro atoms. The Morgan fingerprint density at radius 3 is 0.983 bits per heavy atom. The van der Waals surface area contributed by atoms with Crippen LogP contribution in [0.1, 0.15) is 285 Å². The van der Waals surface area contributed by atoms with Crippen molar-refractivity contribution in [1.29, 1.82) is 0 Å². The lowest BCUT2D eigenvalue weighted by molar-refractivity contribution is -0.167. The maximum atomic E-state index is 12.7. The average molecular weight is 821 g/mol. The van der Waals surface area contributed by atoms with Gasteiger partial charge in [0, 0.05) is 19.3 Å². The van der Waals surface area contributed by atoms with Gasteiger partial charge in [0.05, 0.1) is 0 Å². The molecule has 1 unspecified atom stereocenters. The molecule has 58 heavy (non-hydrogen) atoms. The number of ether oxygens (including phenoxy) is 3. The number of hydrogen-bond donors (Lipinski definition) is 0. The lowest BCUT2D eigenvalue weighted by atomic mass is 10.00. The zero-order chi connectivity index (χ0) is 42.6. The second-order valence-electron chi connectivity index (χ2n) is 18.5. The molecule has 0 fully saturated rings. The third-order valence-electron chi connectivity index (χ3n) is 12.1. The fourth-order valence-corrected chi connectivity index (χ4v) is 7.78. The van der Waals surface area contributed by atoms with Gasteiger partial charge in [-0.05, 0) is 31.1 Å². The van der Waals surface area contributed by atoms with Crippen LogP contribution in [0.15, 0.2) is 0 Å². The van der Waals surface area contributed by atoms with E-state index >= 15 is 0 Å². The third-order valence-corrected chi connectivity index (χ3v) is 12.1. The third kappa shape index (κ3) is 44.0.